The Hall–Kier alpha value is -5.78. The average Bonchev–Trinajstić information content (AvgIpc) is 3.09. The lowest BCUT2D eigenvalue weighted by Gasteiger charge is -2.36. The van der Waals surface area contributed by atoms with Crippen LogP contribution in [0.1, 0.15) is 79.9 Å². The highest BCUT2D eigenvalue weighted by atomic mass is 16.6. The number of hydrogen-bond acceptors (Lipinski definition) is 11. The van der Waals surface area contributed by atoms with Crippen LogP contribution in [-0.4, -0.2) is 134 Å². The van der Waals surface area contributed by atoms with E-state index in [-0.39, 0.29) is 48.6 Å². The standard InChI is InChI=1S/C41H60N6O12/c1-39(2,3)47(38(56)57)22-27(48)21-29-35(53)46(10)30(34(52)42-15-16-43-36(54)58-40(4,5)6)20-26-18-24(12-14-32(26)50)23-11-13-31(49)25(17-23)19-28(33(51)44-29)45-37(55)59-41(7,8)9/h11-14,17-18,27-30,48-50H,15-16,19-22H2,1-10H3,(H,42,52)(H,43,54)(H,44,51)(H,45,55)(H,56,57)/t27-,28+,29+,30+/m1/s1. The zero-order valence-electron chi connectivity index (χ0n) is 35.5. The van der Waals surface area contributed by atoms with Crippen molar-refractivity contribution in [3.63, 3.8) is 0 Å². The van der Waals surface area contributed by atoms with Crippen molar-refractivity contribution in [3.8, 4) is 22.6 Å². The van der Waals surface area contributed by atoms with Gasteiger partial charge in [-0.25, -0.2) is 14.4 Å². The Labute approximate surface area is 344 Å². The maximum Gasteiger partial charge on any atom is 0.408 e. The molecule has 1 aliphatic heterocycles. The Bertz CT molecular complexity index is 1870. The number of phenols is 2. The van der Waals surface area contributed by atoms with E-state index in [9.17, 15) is 49.2 Å². The van der Waals surface area contributed by atoms with Crippen molar-refractivity contribution < 1.29 is 58.7 Å². The predicted octanol–water partition coefficient (Wildman–Crippen LogP) is 3.24. The van der Waals surface area contributed by atoms with Crippen molar-refractivity contribution in [2.45, 2.75) is 123 Å². The smallest absolute Gasteiger partial charge is 0.408 e. The van der Waals surface area contributed by atoms with Crippen molar-refractivity contribution in [3.05, 3.63) is 47.5 Å². The summed E-state index contributed by atoms with van der Waals surface area (Å²) < 4.78 is 10.7. The molecule has 18 nitrogen and oxygen atoms in total. The molecule has 0 saturated heterocycles. The molecule has 1 heterocycles. The lowest BCUT2D eigenvalue weighted by Crippen LogP contribution is -2.59. The van der Waals surface area contributed by atoms with E-state index in [0.717, 1.165) is 9.80 Å². The fraction of sp³-hybridized carbons (Fsp3) is 0.561. The molecule has 6 amide bonds. The number of phenolic OH excluding ortho intramolecular Hbond substituents is 2. The number of ether oxygens (including phenoxy) is 2. The molecular weight excluding hydrogens is 768 g/mol. The Morgan fingerprint density at radius 3 is 1.85 bits per heavy atom. The molecule has 0 fully saturated rings. The van der Waals surface area contributed by atoms with E-state index in [2.05, 4.69) is 21.3 Å². The summed E-state index contributed by atoms with van der Waals surface area (Å²) in [6.45, 7) is 14.2. The quantitative estimate of drug-likeness (QED) is 0.170. The SMILES string of the molecule is CN1C(=O)[C@H](C[C@@H](O)CN(C(=O)O)C(C)(C)C)NC(=O)[C@@H](NC(=O)OC(C)(C)C)Cc2cc(ccc2O)-c2ccc(O)c(c2)C[C@H]1C(=O)NCCNC(=O)OC(C)(C)C. The lowest BCUT2D eigenvalue weighted by molar-refractivity contribution is -0.142. The number of β-amino-alcohol motifs (C(OH)–C–C–N with tert-alkyl or cyclic N) is 1. The molecule has 4 bridgehead atoms. The third-order valence-corrected chi connectivity index (χ3v) is 9.10. The molecule has 3 rings (SSSR count). The number of nitrogens with one attached hydrogen (secondary N) is 4. The number of aliphatic hydroxyl groups excluding tert-OH is 1. The van der Waals surface area contributed by atoms with Crippen LogP contribution in [0.3, 0.4) is 0 Å². The molecule has 2 aromatic rings. The Morgan fingerprint density at radius 1 is 0.831 bits per heavy atom. The molecule has 18 heteroatoms. The summed E-state index contributed by atoms with van der Waals surface area (Å²) in [5.41, 5.74) is -1.11. The summed E-state index contributed by atoms with van der Waals surface area (Å²) in [5.74, 6) is -2.91. The number of aromatic hydroxyl groups is 2. The number of carbonyl (C=O) groups excluding carboxylic acids is 5. The van der Waals surface area contributed by atoms with E-state index < -0.39 is 89.9 Å². The van der Waals surface area contributed by atoms with Gasteiger partial charge in [-0.05, 0) is 109 Å². The Balaban J connectivity index is 2.15. The number of rotatable bonds is 9. The van der Waals surface area contributed by atoms with Crippen LogP contribution in [-0.2, 0) is 36.7 Å². The van der Waals surface area contributed by atoms with Gasteiger partial charge in [-0.1, -0.05) is 12.1 Å². The highest BCUT2D eigenvalue weighted by molar-refractivity contribution is 5.94. The summed E-state index contributed by atoms with van der Waals surface area (Å²) in [6.07, 6.45) is -5.64. The maximum atomic E-state index is 14.6. The number of likely N-dealkylation sites (N-methyl/N-ethyl adjacent to an activating group) is 1. The highest BCUT2D eigenvalue weighted by Crippen LogP contribution is 2.32. The van der Waals surface area contributed by atoms with E-state index in [1.54, 1.807) is 86.6 Å². The molecule has 0 saturated carbocycles. The number of amides is 6. The van der Waals surface area contributed by atoms with Gasteiger partial charge in [0.1, 0.15) is 40.8 Å². The van der Waals surface area contributed by atoms with Gasteiger partial charge in [-0.15, -0.1) is 0 Å². The molecule has 0 radical (unpaired) electrons. The molecule has 0 unspecified atom stereocenters. The third kappa shape index (κ3) is 14.5. The van der Waals surface area contributed by atoms with Gasteiger partial charge in [0.25, 0.3) is 0 Å². The number of carbonyl (C=O) groups is 6. The molecule has 0 aromatic heterocycles. The molecule has 2 aromatic carbocycles. The summed E-state index contributed by atoms with van der Waals surface area (Å²) in [4.78, 5) is 82.3. The number of benzene rings is 2. The molecule has 8 N–H and O–H groups in total. The largest absolute Gasteiger partial charge is 0.508 e. The van der Waals surface area contributed by atoms with Crippen molar-refractivity contribution >= 4 is 36.0 Å². The molecule has 1 aliphatic rings. The van der Waals surface area contributed by atoms with Crippen LogP contribution >= 0.6 is 0 Å². The summed E-state index contributed by atoms with van der Waals surface area (Å²) >= 11 is 0. The van der Waals surface area contributed by atoms with E-state index in [1.165, 1.54) is 19.2 Å². The molecule has 326 valence electrons. The summed E-state index contributed by atoms with van der Waals surface area (Å²) in [6, 6.07) is 4.80. The monoisotopic (exact) mass is 828 g/mol. The van der Waals surface area contributed by atoms with Gasteiger partial charge < -0.3 is 61.0 Å². The van der Waals surface area contributed by atoms with Crippen LogP contribution in [0.25, 0.3) is 11.1 Å². The lowest BCUT2D eigenvalue weighted by atomic mass is 9.95. The first-order valence-electron chi connectivity index (χ1n) is 19.3. The highest BCUT2D eigenvalue weighted by Gasteiger charge is 2.38. The second-order valence-corrected chi connectivity index (χ2v) is 17.5. The molecule has 0 spiro atoms. The van der Waals surface area contributed by atoms with Gasteiger partial charge in [0, 0.05) is 44.9 Å². The van der Waals surface area contributed by atoms with E-state index in [4.69, 9.17) is 9.47 Å². The first-order chi connectivity index (χ1) is 27.1. The van der Waals surface area contributed by atoms with Gasteiger partial charge in [0.2, 0.25) is 17.7 Å². The zero-order valence-corrected chi connectivity index (χ0v) is 35.5. The average molecular weight is 829 g/mol. The second-order valence-electron chi connectivity index (χ2n) is 17.5. The van der Waals surface area contributed by atoms with Crippen LogP contribution < -0.4 is 21.3 Å². The number of aliphatic hydroxyl groups is 1. The number of hydrogen-bond donors (Lipinski definition) is 8. The minimum Gasteiger partial charge on any atom is -0.508 e. The Morgan fingerprint density at radius 2 is 1.34 bits per heavy atom. The van der Waals surface area contributed by atoms with Gasteiger partial charge in [0.15, 0.2) is 0 Å². The molecule has 4 atom stereocenters. The summed E-state index contributed by atoms with van der Waals surface area (Å²) in [5, 5.41) is 53.5. The van der Waals surface area contributed by atoms with E-state index in [1.807, 2.05) is 0 Å². The van der Waals surface area contributed by atoms with E-state index in [0.29, 0.717) is 11.1 Å². The Kier molecular flexibility index (Phi) is 15.6. The van der Waals surface area contributed by atoms with E-state index >= 15 is 0 Å². The maximum absolute atomic E-state index is 14.6. The minimum atomic E-state index is -1.62. The zero-order chi connectivity index (χ0) is 44.6. The topological polar surface area (TPSA) is 256 Å². The van der Waals surface area contributed by atoms with Crippen LogP contribution in [0.5, 0.6) is 11.5 Å². The first kappa shape index (κ1) is 47.6. The number of carboxylic acid groups (broad SMARTS) is 1. The fourth-order valence-electron chi connectivity index (χ4n) is 6.22. The normalized spacial score (nSPS) is 18.3. The van der Waals surface area contributed by atoms with Gasteiger partial charge in [-0.3, -0.25) is 14.4 Å². The number of nitrogens with zero attached hydrogens (tertiary/aromatic N) is 2. The van der Waals surface area contributed by atoms with Crippen molar-refractivity contribution in [1.29, 1.82) is 0 Å². The van der Waals surface area contributed by atoms with Gasteiger partial charge in [-0.2, -0.15) is 0 Å². The fourth-order valence-corrected chi connectivity index (χ4v) is 6.22. The molecular formula is C41H60N6O12. The first-order valence-corrected chi connectivity index (χ1v) is 19.3. The molecule has 0 aliphatic carbocycles. The molecule has 59 heavy (non-hydrogen) atoms. The second kappa shape index (κ2) is 19.3. The minimum absolute atomic E-state index is 0.0419. The van der Waals surface area contributed by atoms with Crippen LogP contribution in [0.4, 0.5) is 14.4 Å². The summed E-state index contributed by atoms with van der Waals surface area (Å²) in [7, 11) is 1.30. The van der Waals surface area contributed by atoms with Crippen molar-refractivity contribution in [2.24, 2.45) is 0 Å². The van der Waals surface area contributed by atoms with Crippen molar-refractivity contribution in [2.75, 3.05) is 26.7 Å². The third-order valence-electron chi connectivity index (χ3n) is 9.10. The number of fused-ring (bicyclic) bond motifs is 5. The predicted molar refractivity (Wildman–Crippen MR) is 217 cm³/mol. The van der Waals surface area contributed by atoms with Gasteiger partial charge in [0.05, 0.1) is 12.6 Å². The van der Waals surface area contributed by atoms with Crippen molar-refractivity contribution in [1.82, 2.24) is 31.1 Å². The van der Waals surface area contributed by atoms with Crippen LogP contribution in [0.2, 0.25) is 0 Å². The van der Waals surface area contributed by atoms with Crippen LogP contribution in [0.15, 0.2) is 36.4 Å². The van der Waals surface area contributed by atoms with Gasteiger partial charge >= 0.3 is 18.3 Å². The van der Waals surface area contributed by atoms with Crippen LogP contribution in [0, 0.1) is 0 Å². The number of alkyl carbamates (subject to hydrolysis) is 2.